The Morgan fingerprint density at radius 2 is 2.00 bits per heavy atom. The third kappa shape index (κ3) is 7.27. The maximum absolute atomic E-state index is 12.0. The summed E-state index contributed by atoms with van der Waals surface area (Å²) < 4.78 is 36.6. The number of guanidine groups is 1. The molecule has 8 heteroatoms. The van der Waals surface area contributed by atoms with Crippen LogP contribution in [0.1, 0.15) is 11.3 Å². The van der Waals surface area contributed by atoms with Crippen molar-refractivity contribution in [3.8, 4) is 0 Å². The van der Waals surface area contributed by atoms with Crippen LogP contribution in [0, 0.1) is 0 Å². The van der Waals surface area contributed by atoms with Gasteiger partial charge in [-0.25, -0.2) is 0 Å². The van der Waals surface area contributed by atoms with Crippen LogP contribution in [0.3, 0.4) is 0 Å². The second kappa shape index (κ2) is 7.59. The van der Waals surface area contributed by atoms with E-state index >= 15 is 0 Å². The zero-order valence-electron chi connectivity index (χ0n) is 10.4. The molecule has 0 radical (unpaired) electrons. The van der Waals surface area contributed by atoms with Crippen molar-refractivity contribution in [2.45, 2.75) is 19.0 Å². The van der Waals surface area contributed by atoms with Gasteiger partial charge < -0.3 is 10.6 Å². The zero-order valence-corrected chi connectivity index (χ0v) is 11.9. The molecule has 3 nitrogen and oxygen atoms in total. The summed E-state index contributed by atoms with van der Waals surface area (Å²) in [4.78, 5) is 4.96. The van der Waals surface area contributed by atoms with E-state index in [1.165, 1.54) is 18.4 Å². The van der Waals surface area contributed by atoms with Crippen LogP contribution < -0.4 is 10.6 Å². The number of alkyl halides is 3. The third-order valence-corrected chi connectivity index (χ3v) is 3.51. The first-order valence-electron chi connectivity index (χ1n) is 5.66. The first-order chi connectivity index (χ1) is 8.90. The number of rotatable bonds is 5. The fourth-order valence-electron chi connectivity index (χ4n) is 1.33. The van der Waals surface area contributed by atoms with Crippen molar-refractivity contribution in [3.63, 3.8) is 0 Å². The van der Waals surface area contributed by atoms with Crippen LogP contribution >= 0.6 is 22.9 Å². The van der Waals surface area contributed by atoms with Gasteiger partial charge in [0.1, 0.15) is 0 Å². The lowest BCUT2D eigenvalue weighted by atomic mass is 10.3. The van der Waals surface area contributed by atoms with Gasteiger partial charge in [0.25, 0.3) is 0 Å². The second-order valence-electron chi connectivity index (χ2n) is 3.75. The van der Waals surface area contributed by atoms with Crippen molar-refractivity contribution in [2.24, 2.45) is 4.99 Å². The lowest BCUT2D eigenvalue weighted by molar-refractivity contribution is -0.132. The molecule has 0 aromatic carbocycles. The lowest BCUT2D eigenvalue weighted by Gasteiger charge is -2.12. The standard InChI is InChI=1S/C11H15ClF3N3S/c1-16-10(18-7-5-11(13,14)15)17-6-4-8-2-3-9(12)19-8/h2-3H,4-7H2,1H3,(H2,16,17,18). The van der Waals surface area contributed by atoms with Crippen molar-refractivity contribution in [2.75, 3.05) is 20.1 Å². The first-order valence-corrected chi connectivity index (χ1v) is 6.85. The molecule has 0 bridgehead atoms. The summed E-state index contributed by atoms with van der Waals surface area (Å²) in [6.07, 6.45) is -4.29. The average molecular weight is 314 g/mol. The molecule has 0 saturated heterocycles. The highest BCUT2D eigenvalue weighted by Crippen LogP contribution is 2.21. The van der Waals surface area contributed by atoms with E-state index in [9.17, 15) is 13.2 Å². The predicted octanol–water partition coefficient (Wildman–Crippen LogP) is 3.06. The van der Waals surface area contributed by atoms with Crippen LogP contribution in [-0.2, 0) is 6.42 Å². The number of nitrogens with zero attached hydrogens (tertiary/aromatic N) is 1. The van der Waals surface area contributed by atoms with E-state index in [0.717, 1.165) is 15.6 Å². The molecule has 0 aliphatic carbocycles. The first kappa shape index (κ1) is 16.1. The Kier molecular flexibility index (Phi) is 6.44. The minimum Gasteiger partial charge on any atom is -0.356 e. The Morgan fingerprint density at radius 1 is 1.32 bits per heavy atom. The maximum atomic E-state index is 12.0. The van der Waals surface area contributed by atoms with Crippen molar-refractivity contribution in [3.05, 3.63) is 21.3 Å². The summed E-state index contributed by atoms with van der Waals surface area (Å²) >= 11 is 7.28. The monoisotopic (exact) mass is 313 g/mol. The Bertz CT molecular complexity index is 418. The van der Waals surface area contributed by atoms with Crippen LogP contribution in [0.2, 0.25) is 4.34 Å². The molecule has 0 aliphatic heterocycles. The number of halogens is 4. The molecule has 0 fully saturated rings. The SMILES string of the molecule is CN=C(NCCc1ccc(Cl)s1)NCCC(F)(F)F. The normalized spacial score (nSPS) is 12.6. The van der Waals surface area contributed by atoms with E-state index in [-0.39, 0.29) is 6.54 Å². The fraction of sp³-hybridized carbons (Fsp3) is 0.545. The number of aliphatic imine (C=N–C) groups is 1. The molecule has 0 unspecified atom stereocenters. The predicted molar refractivity (Wildman–Crippen MR) is 73.1 cm³/mol. The fourth-order valence-corrected chi connectivity index (χ4v) is 2.42. The van der Waals surface area contributed by atoms with Gasteiger partial charge in [-0.3, -0.25) is 4.99 Å². The molecule has 0 aliphatic rings. The van der Waals surface area contributed by atoms with Gasteiger partial charge in [-0.05, 0) is 18.6 Å². The molecular weight excluding hydrogens is 299 g/mol. The van der Waals surface area contributed by atoms with Crippen molar-refractivity contribution >= 4 is 28.9 Å². The average Bonchev–Trinajstić information content (AvgIpc) is 2.71. The van der Waals surface area contributed by atoms with Gasteiger partial charge in [-0.15, -0.1) is 11.3 Å². The van der Waals surface area contributed by atoms with E-state index in [4.69, 9.17) is 11.6 Å². The minimum absolute atomic E-state index is 0.187. The van der Waals surface area contributed by atoms with E-state index in [1.807, 2.05) is 12.1 Å². The molecule has 0 spiro atoms. The summed E-state index contributed by atoms with van der Waals surface area (Å²) in [6, 6.07) is 3.74. The molecule has 19 heavy (non-hydrogen) atoms. The summed E-state index contributed by atoms with van der Waals surface area (Å²) in [5, 5.41) is 5.56. The molecule has 1 aromatic heterocycles. The van der Waals surface area contributed by atoms with Crippen molar-refractivity contribution in [1.29, 1.82) is 0 Å². The Hall–Kier alpha value is -0.950. The largest absolute Gasteiger partial charge is 0.390 e. The maximum Gasteiger partial charge on any atom is 0.390 e. The summed E-state index contributed by atoms with van der Waals surface area (Å²) in [5.74, 6) is 0.368. The molecule has 1 rings (SSSR count). The highest BCUT2D eigenvalue weighted by atomic mass is 35.5. The molecule has 1 aromatic rings. The highest BCUT2D eigenvalue weighted by Gasteiger charge is 2.26. The van der Waals surface area contributed by atoms with Crippen LogP contribution in [-0.4, -0.2) is 32.3 Å². The van der Waals surface area contributed by atoms with Crippen LogP contribution in [0.5, 0.6) is 0 Å². The summed E-state index contributed by atoms with van der Waals surface area (Å²) in [6.45, 7) is 0.399. The second-order valence-corrected chi connectivity index (χ2v) is 5.55. The highest BCUT2D eigenvalue weighted by molar-refractivity contribution is 7.16. The van der Waals surface area contributed by atoms with Crippen molar-refractivity contribution < 1.29 is 13.2 Å². The molecule has 0 atom stereocenters. The van der Waals surface area contributed by atoms with Gasteiger partial charge in [0.05, 0.1) is 10.8 Å². The quantitative estimate of drug-likeness (QED) is 0.647. The number of hydrogen-bond donors (Lipinski definition) is 2. The molecule has 1 heterocycles. The van der Waals surface area contributed by atoms with E-state index in [1.54, 1.807) is 0 Å². The van der Waals surface area contributed by atoms with Gasteiger partial charge in [-0.2, -0.15) is 13.2 Å². The molecular formula is C11H15ClF3N3S. The van der Waals surface area contributed by atoms with Crippen molar-refractivity contribution in [1.82, 2.24) is 10.6 Å². The zero-order chi connectivity index (χ0) is 14.3. The van der Waals surface area contributed by atoms with Crippen LogP contribution in [0.15, 0.2) is 17.1 Å². The van der Waals surface area contributed by atoms with Gasteiger partial charge in [0, 0.05) is 25.0 Å². The lowest BCUT2D eigenvalue weighted by Crippen LogP contribution is -2.39. The minimum atomic E-state index is -4.15. The molecule has 2 N–H and O–H groups in total. The smallest absolute Gasteiger partial charge is 0.356 e. The Balaban J connectivity index is 2.22. The Morgan fingerprint density at radius 3 is 2.53 bits per heavy atom. The molecule has 0 amide bonds. The van der Waals surface area contributed by atoms with E-state index < -0.39 is 12.6 Å². The number of hydrogen-bond acceptors (Lipinski definition) is 2. The van der Waals surface area contributed by atoms with Gasteiger partial charge in [-0.1, -0.05) is 11.6 Å². The number of nitrogens with one attached hydrogen (secondary N) is 2. The third-order valence-electron chi connectivity index (χ3n) is 2.22. The van der Waals surface area contributed by atoms with Gasteiger partial charge in [0.2, 0.25) is 0 Å². The summed E-state index contributed by atoms with van der Waals surface area (Å²) in [5.41, 5.74) is 0. The summed E-state index contributed by atoms with van der Waals surface area (Å²) in [7, 11) is 1.52. The Labute approximate surface area is 118 Å². The molecule has 0 saturated carbocycles. The van der Waals surface area contributed by atoms with Gasteiger partial charge >= 0.3 is 6.18 Å². The van der Waals surface area contributed by atoms with Crippen LogP contribution in [0.25, 0.3) is 0 Å². The topological polar surface area (TPSA) is 36.4 Å². The van der Waals surface area contributed by atoms with Gasteiger partial charge in [0.15, 0.2) is 5.96 Å². The van der Waals surface area contributed by atoms with E-state index in [2.05, 4.69) is 15.6 Å². The van der Waals surface area contributed by atoms with E-state index in [0.29, 0.717) is 12.5 Å². The van der Waals surface area contributed by atoms with Crippen LogP contribution in [0.4, 0.5) is 13.2 Å². The molecule has 108 valence electrons. The number of thiophene rings is 1.